The van der Waals surface area contributed by atoms with Gasteiger partial charge >= 0.3 is 0 Å². The maximum absolute atomic E-state index is 11.0. The molecule has 1 atom stereocenters. The maximum atomic E-state index is 11.0. The lowest BCUT2D eigenvalue weighted by Crippen LogP contribution is -2.19. The van der Waals surface area contributed by atoms with E-state index < -0.39 is 0 Å². The van der Waals surface area contributed by atoms with Gasteiger partial charge in [-0.3, -0.25) is 14.8 Å². The predicted molar refractivity (Wildman–Crippen MR) is 71.6 cm³/mol. The van der Waals surface area contributed by atoms with E-state index in [0.29, 0.717) is 12.1 Å². The molecule has 2 rings (SSSR count). The zero-order valence-electron chi connectivity index (χ0n) is 10.9. The zero-order chi connectivity index (χ0) is 13.8. The summed E-state index contributed by atoms with van der Waals surface area (Å²) in [5.41, 5.74) is 1.74. The Morgan fingerprint density at radius 2 is 2.16 bits per heavy atom. The van der Waals surface area contributed by atoms with E-state index >= 15 is 0 Å². The summed E-state index contributed by atoms with van der Waals surface area (Å²) in [5.74, 6) is 0. The van der Waals surface area contributed by atoms with Gasteiger partial charge in [0.05, 0.1) is 10.6 Å². The average molecular weight is 260 g/mol. The zero-order valence-corrected chi connectivity index (χ0v) is 10.9. The van der Waals surface area contributed by atoms with Crippen LogP contribution in [0.4, 0.5) is 5.69 Å². The van der Waals surface area contributed by atoms with Crippen molar-refractivity contribution in [3.8, 4) is 0 Å². The second-order valence-corrected chi connectivity index (χ2v) is 4.40. The topological polar surface area (TPSA) is 73.0 Å². The summed E-state index contributed by atoms with van der Waals surface area (Å²) in [6, 6.07) is 8.58. The summed E-state index contributed by atoms with van der Waals surface area (Å²) in [5, 5.41) is 18.5. The standard InChI is InChI=1S/C13H16N4O2/c1-10(14-9-11-7-8-16(2)15-11)12-5-3-4-6-13(12)17(18)19/h3-8,10,14H,9H2,1-2H3. The Morgan fingerprint density at radius 3 is 2.79 bits per heavy atom. The Kier molecular flexibility index (Phi) is 3.91. The number of nitrogens with zero attached hydrogens (tertiary/aromatic N) is 3. The molecule has 1 aromatic heterocycles. The van der Waals surface area contributed by atoms with Crippen molar-refractivity contribution in [1.82, 2.24) is 15.1 Å². The molecular formula is C13H16N4O2. The van der Waals surface area contributed by atoms with Crippen LogP contribution in [0.25, 0.3) is 0 Å². The number of aryl methyl sites for hydroxylation is 1. The maximum Gasteiger partial charge on any atom is 0.274 e. The van der Waals surface area contributed by atoms with Gasteiger partial charge in [-0.05, 0) is 13.0 Å². The highest BCUT2D eigenvalue weighted by atomic mass is 16.6. The highest BCUT2D eigenvalue weighted by Gasteiger charge is 2.17. The SMILES string of the molecule is CC(NCc1ccn(C)n1)c1ccccc1[N+](=O)[O-]. The molecule has 1 unspecified atom stereocenters. The molecule has 2 aromatic rings. The Labute approximate surface area is 111 Å². The van der Waals surface area contributed by atoms with Crippen molar-refractivity contribution < 1.29 is 4.92 Å². The first-order valence-electron chi connectivity index (χ1n) is 6.03. The molecule has 1 heterocycles. The summed E-state index contributed by atoms with van der Waals surface area (Å²) >= 11 is 0. The smallest absolute Gasteiger partial charge is 0.274 e. The molecule has 100 valence electrons. The summed E-state index contributed by atoms with van der Waals surface area (Å²) in [6.45, 7) is 2.49. The lowest BCUT2D eigenvalue weighted by molar-refractivity contribution is -0.385. The van der Waals surface area contributed by atoms with Crippen LogP contribution in [0.15, 0.2) is 36.5 Å². The molecule has 0 spiro atoms. The fourth-order valence-corrected chi connectivity index (χ4v) is 1.95. The first-order chi connectivity index (χ1) is 9.08. The van der Waals surface area contributed by atoms with E-state index in [4.69, 9.17) is 0 Å². The number of para-hydroxylation sites is 1. The lowest BCUT2D eigenvalue weighted by atomic mass is 10.1. The van der Waals surface area contributed by atoms with Crippen molar-refractivity contribution >= 4 is 5.69 Å². The van der Waals surface area contributed by atoms with Crippen molar-refractivity contribution in [3.05, 3.63) is 57.9 Å². The largest absolute Gasteiger partial charge is 0.304 e. The van der Waals surface area contributed by atoms with Crippen molar-refractivity contribution in [2.75, 3.05) is 0 Å². The quantitative estimate of drug-likeness (QED) is 0.660. The highest BCUT2D eigenvalue weighted by molar-refractivity contribution is 5.41. The van der Waals surface area contributed by atoms with E-state index in [0.717, 1.165) is 5.69 Å². The molecule has 0 aliphatic rings. The number of hydrogen-bond acceptors (Lipinski definition) is 4. The summed E-state index contributed by atoms with van der Waals surface area (Å²) < 4.78 is 1.73. The number of rotatable bonds is 5. The van der Waals surface area contributed by atoms with E-state index in [-0.39, 0.29) is 16.7 Å². The van der Waals surface area contributed by atoms with Crippen LogP contribution >= 0.6 is 0 Å². The highest BCUT2D eigenvalue weighted by Crippen LogP contribution is 2.24. The molecule has 0 aliphatic carbocycles. The first kappa shape index (κ1) is 13.2. The Hall–Kier alpha value is -2.21. The van der Waals surface area contributed by atoms with Crippen LogP contribution in [-0.2, 0) is 13.6 Å². The van der Waals surface area contributed by atoms with Crippen molar-refractivity contribution in [2.45, 2.75) is 19.5 Å². The van der Waals surface area contributed by atoms with Gasteiger partial charge in [0, 0.05) is 37.5 Å². The molecule has 0 aliphatic heterocycles. The van der Waals surface area contributed by atoms with Crippen molar-refractivity contribution in [3.63, 3.8) is 0 Å². The minimum absolute atomic E-state index is 0.108. The monoisotopic (exact) mass is 260 g/mol. The third-order valence-electron chi connectivity index (χ3n) is 2.96. The van der Waals surface area contributed by atoms with Gasteiger partial charge in [-0.2, -0.15) is 5.10 Å². The molecule has 0 fully saturated rings. The Bertz CT molecular complexity index is 580. The predicted octanol–water partition coefficient (Wildman–Crippen LogP) is 2.18. The van der Waals surface area contributed by atoms with Gasteiger partial charge < -0.3 is 5.32 Å². The summed E-state index contributed by atoms with van der Waals surface area (Å²) in [6.07, 6.45) is 1.87. The normalized spacial score (nSPS) is 12.3. The van der Waals surface area contributed by atoms with Crippen LogP contribution in [0.5, 0.6) is 0 Å². The van der Waals surface area contributed by atoms with Gasteiger partial charge in [0.25, 0.3) is 5.69 Å². The Morgan fingerprint density at radius 1 is 1.42 bits per heavy atom. The van der Waals surface area contributed by atoms with E-state index in [1.165, 1.54) is 6.07 Å². The van der Waals surface area contributed by atoms with Crippen LogP contribution in [-0.4, -0.2) is 14.7 Å². The molecule has 19 heavy (non-hydrogen) atoms. The third-order valence-corrected chi connectivity index (χ3v) is 2.96. The molecule has 1 N–H and O–H groups in total. The van der Waals surface area contributed by atoms with Gasteiger partial charge in [-0.1, -0.05) is 18.2 Å². The fraction of sp³-hybridized carbons (Fsp3) is 0.308. The number of nitro benzene ring substituents is 1. The third kappa shape index (κ3) is 3.17. The number of hydrogen-bond donors (Lipinski definition) is 1. The van der Waals surface area contributed by atoms with Crippen LogP contribution in [0, 0.1) is 10.1 Å². The molecule has 6 nitrogen and oxygen atoms in total. The van der Waals surface area contributed by atoms with Crippen molar-refractivity contribution in [1.29, 1.82) is 0 Å². The van der Waals surface area contributed by atoms with E-state index in [1.807, 2.05) is 26.2 Å². The molecule has 0 amide bonds. The second-order valence-electron chi connectivity index (χ2n) is 4.40. The fourth-order valence-electron chi connectivity index (χ4n) is 1.95. The first-order valence-corrected chi connectivity index (χ1v) is 6.03. The minimum atomic E-state index is -0.353. The molecule has 6 heteroatoms. The molecule has 0 saturated carbocycles. The van der Waals surface area contributed by atoms with Crippen molar-refractivity contribution in [2.24, 2.45) is 7.05 Å². The second kappa shape index (κ2) is 5.62. The molecule has 1 aromatic carbocycles. The van der Waals surface area contributed by atoms with E-state index in [9.17, 15) is 10.1 Å². The molecule has 0 bridgehead atoms. The van der Waals surface area contributed by atoms with Crippen LogP contribution < -0.4 is 5.32 Å². The minimum Gasteiger partial charge on any atom is -0.304 e. The van der Waals surface area contributed by atoms with Gasteiger partial charge in [-0.15, -0.1) is 0 Å². The van der Waals surface area contributed by atoms with Gasteiger partial charge in [-0.25, -0.2) is 0 Å². The number of nitrogens with one attached hydrogen (secondary N) is 1. The van der Waals surface area contributed by atoms with Crippen LogP contribution in [0.2, 0.25) is 0 Å². The number of nitro groups is 1. The average Bonchev–Trinajstić information content (AvgIpc) is 2.81. The lowest BCUT2D eigenvalue weighted by Gasteiger charge is -2.13. The number of benzene rings is 1. The summed E-state index contributed by atoms with van der Waals surface area (Å²) in [4.78, 5) is 10.6. The number of aromatic nitrogens is 2. The van der Waals surface area contributed by atoms with E-state index in [1.54, 1.807) is 22.9 Å². The van der Waals surface area contributed by atoms with Crippen LogP contribution in [0.3, 0.4) is 0 Å². The van der Waals surface area contributed by atoms with Gasteiger partial charge in [0.1, 0.15) is 0 Å². The molecular weight excluding hydrogens is 244 g/mol. The van der Waals surface area contributed by atoms with Crippen LogP contribution in [0.1, 0.15) is 24.2 Å². The summed E-state index contributed by atoms with van der Waals surface area (Å²) in [7, 11) is 1.86. The Balaban J connectivity index is 2.07. The van der Waals surface area contributed by atoms with E-state index in [2.05, 4.69) is 10.4 Å². The van der Waals surface area contributed by atoms with Gasteiger partial charge in [0.2, 0.25) is 0 Å². The molecule has 0 saturated heterocycles. The molecule has 0 radical (unpaired) electrons. The van der Waals surface area contributed by atoms with Gasteiger partial charge in [0.15, 0.2) is 0 Å².